The second-order valence-corrected chi connectivity index (χ2v) is 12.0. The molecule has 35 heavy (non-hydrogen) atoms. The molecule has 0 saturated carbocycles. The zero-order chi connectivity index (χ0) is 26.0. The number of benzene rings is 2. The van der Waals surface area contributed by atoms with Gasteiger partial charge in [0.05, 0.1) is 23.6 Å². The van der Waals surface area contributed by atoms with Crippen molar-refractivity contribution in [3.05, 3.63) is 65.7 Å². The summed E-state index contributed by atoms with van der Waals surface area (Å²) in [6.07, 6.45) is -1.21. The highest BCUT2D eigenvalue weighted by atomic mass is 32.2. The fraction of sp³-hybridized carbons (Fsp3) is 0.481. The Morgan fingerprint density at radius 2 is 1.69 bits per heavy atom. The molecule has 0 amide bonds. The number of aryl methyl sites for hydroxylation is 1. The smallest absolute Gasteiger partial charge is 0.324 e. The normalized spacial score (nSPS) is 22.1. The number of nitrogens with zero attached hydrogens (tertiary/aromatic N) is 1. The molecule has 1 fully saturated rings. The van der Waals surface area contributed by atoms with Crippen molar-refractivity contribution in [2.45, 2.75) is 70.5 Å². The van der Waals surface area contributed by atoms with Crippen molar-refractivity contribution < 1.29 is 27.9 Å². The lowest BCUT2D eigenvalue weighted by atomic mass is 9.82. The average Bonchev–Trinajstić information content (AvgIpc) is 3.21. The first-order valence-corrected chi connectivity index (χ1v) is 13.3. The first kappa shape index (κ1) is 27.0. The molecule has 1 heterocycles. The Bertz CT molecular complexity index is 1140. The van der Waals surface area contributed by atoms with Gasteiger partial charge in [0.1, 0.15) is 11.8 Å². The van der Waals surface area contributed by atoms with Crippen LogP contribution in [-0.4, -0.2) is 48.3 Å². The van der Waals surface area contributed by atoms with E-state index >= 15 is 0 Å². The van der Waals surface area contributed by atoms with Crippen molar-refractivity contribution in [1.29, 1.82) is 0 Å². The maximum Gasteiger partial charge on any atom is 0.324 e. The number of ketones is 1. The summed E-state index contributed by atoms with van der Waals surface area (Å²) >= 11 is 0. The molecule has 1 N–H and O–H groups in total. The Kier molecular flexibility index (Phi) is 8.19. The van der Waals surface area contributed by atoms with Crippen LogP contribution >= 0.6 is 0 Å². The van der Waals surface area contributed by atoms with Gasteiger partial charge < -0.3 is 9.84 Å². The summed E-state index contributed by atoms with van der Waals surface area (Å²) < 4.78 is 34.4. The molecular weight excluding hydrogens is 466 g/mol. The van der Waals surface area contributed by atoms with Crippen LogP contribution < -0.4 is 0 Å². The molecule has 0 aliphatic carbocycles. The summed E-state index contributed by atoms with van der Waals surface area (Å²) in [7, 11) is -4.15. The Balaban J connectivity index is 2.13. The van der Waals surface area contributed by atoms with E-state index in [2.05, 4.69) is 0 Å². The molecule has 0 bridgehead atoms. The van der Waals surface area contributed by atoms with Crippen molar-refractivity contribution in [3.8, 4) is 0 Å². The van der Waals surface area contributed by atoms with Crippen LogP contribution in [-0.2, 0) is 24.3 Å². The van der Waals surface area contributed by atoms with Gasteiger partial charge in [0.25, 0.3) is 0 Å². The average molecular weight is 502 g/mol. The number of ether oxygens (including phenoxy) is 1. The number of hydrogen-bond acceptors (Lipinski definition) is 6. The molecule has 7 nitrogen and oxygen atoms in total. The number of carbonyl (C=O) groups is 2. The quantitative estimate of drug-likeness (QED) is 0.548. The Morgan fingerprint density at radius 1 is 1.09 bits per heavy atom. The summed E-state index contributed by atoms with van der Waals surface area (Å²) in [4.78, 5) is 26.0. The molecule has 1 aliphatic heterocycles. The van der Waals surface area contributed by atoms with E-state index in [1.54, 1.807) is 64.1 Å². The van der Waals surface area contributed by atoms with Crippen molar-refractivity contribution in [2.75, 3.05) is 6.61 Å². The molecular formula is C27H35NO6S. The third-order valence-electron chi connectivity index (χ3n) is 6.52. The number of aliphatic hydroxyl groups is 1. The molecule has 1 saturated heterocycles. The van der Waals surface area contributed by atoms with E-state index in [1.165, 1.54) is 16.4 Å². The predicted octanol–water partition coefficient (Wildman–Crippen LogP) is 4.04. The number of Topliss-reactive ketones (excluding diaryl/α,β-unsaturated/α-hetero) is 1. The van der Waals surface area contributed by atoms with Crippen LogP contribution in [0.3, 0.4) is 0 Å². The predicted molar refractivity (Wildman–Crippen MR) is 133 cm³/mol. The molecule has 0 radical (unpaired) electrons. The third kappa shape index (κ3) is 5.82. The highest BCUT2D eigenvalue weighted by Crippen LogP contribution is 2.46. The summed E-state index contributed by atoms with van der Waals surface area (Å²) in [6.45, 7) is 8.86. The van der Waals surface area contributed by atoms with Crippen LogP contribution in [0.2, 0.25) is 0 Å². The molecule has 0 unspecified atom stereocenters. The maximum absolute atomic E-state index is 14.0. The lowest BCUT2D eigenvalue weighted by Crippen LogP contribution is -2.47. The minimum Gasteiger partial charge on any atom is -0.465 e. The van der Waals surface area contributed by atoms with Gasteiger partial charge in [-0.25, -0.2) is 8.42 Å². The van der Waals surface area contributed by atoms with Gasteiger partial charge in [-0.1, -0.05) is 68.8 Å². The van der Waals surface area contributed by atoms with Crippen molar-refractivity contribution >= 4 is 21.8 Å². The lowest BCUT2D eigenvalue weighted by Gasteiger charge is -2.31. The van der Waals surface area contributed by atoms with Gasteiger partial charge >= 0.3 is 5.97 Å². The Labute approximate surface area is 208 Å². The number of sulfonamides is 1. The fourth-order valence-electron chi connectivity index (χ4n) is 4.50. The molecule has 2 aromatic rings. The van der Waals surface area contributed by atoms with Crippen LogP contribution in [0.25, 0.3) is 0 Å². The van der Waals surface area contributed by atoms with Crippen LogP contribution in [0.5, 0.6) is 0 Å². The largest absolute Gasteiger partial charge is 0.465 e. The molecule has 2 aromatic carbocycles. The number of aliphatic hydroxyl groups excluding tert-OH is 1. The van der Waals surface area contributed by atoms with E-state index in [9.17, 15) is 23.1 Å². The van der Waals surface area contributed by atoms with Crippen molar-refractivity contribution in [1.82, 2.24) is 4.31 Å². The summed E-state index contributed by atoms with van der Waals surface area (Å²) in [5, 5.41) is 11.2. The first-order chi connectivity index (χ1) is 16.4. The highest BCUT2D eigenvalue weighted by molar-refractivity contribution is 7.89. The zero-order valence-corrected chi connectivity index (χ0v) is 21.8. The lowest BCUT2D eigenvalue weighted by molar-refractivity contribution is -0.150. The summed E-state index contributed by atoms with van der Waals surface area (Å²) in [5.74, 6) is -1.71. The SMILES string of the molecule is CCOC(=O)[C@H]1[C@H]([C@H](O)CC(=O)C(C)(C)C)C[C@@H](c2ccccc2)N1S(=O)(=O)c1ccc(C)cc1. The number of carbonyl (C=O) groups excluding carboxylic acids is 2. The van der Waals surface area contributed by atoms with Crippen LogP contribution in [0, 0.1) is 18.3 Å². The maximum atomic E-state index is 14.0. The molecule has 1 aliphatic rings. The number of hydrogen-bond donors (Lipinski definition) is 1. The molecule has 0 spiro atoms. The van der Waals surface area contributed by atoms with Crippen LogP contribution in [0.4, 0.5) is 0 Å². The third-order valence-corrected chi connectivity index (χ3v) is 8.42. The second-order valence-electron chi connectivity index (χ2n) is 10.1. The van der Waals surface area contributed by atoms with Gasteiger partial charge in [0.2, 0.25) is 10.0 Å². The van der Waals surface area contributed by atoms with Gasteiger partial charge in [-0.15, -0.1) is 0 Å². The minimum atomic E-state index is -4.15. The second kappa shape index (κ2) is 10.6. The minimum absolute atomic E-state index is 0.0548. The molecule has 3 rings (SSSR count). The van der Waals surface area contributed by atoms with E-state index in [0.717, 1.165) is 5.56 Å². The standard InChI is InChI=1S/C27H35NO6S/c1-6-34-26(31)25-21(23(29)17-24(30)27(3,4)5)16-22(19-10-8-7-9-11-19)28(25)35(32,33)20-14-12-18(2)13-15-20/h7-15,21-23,25,29H,6,16-17H2,1-5H3/t21-,22-,23+,25+/m0/s1. The first-order valence-electron chi connectivity index (χ1n) is 11.9. The monoisotopic (exact) mass is 501 g/mol. The van der Waals surface area contributed by atoms with Crippen LogP contribution in [0.15, 0.2) is 59.5 Å². The van der Waals surface area contributed by atoms with E-state index < -0.39 is 45.5 Å². The van der Waals surface area contributed by atoms with Gasteiger partial charge in [-0.3, -0.25) is 9.59 Å². The highest BCUT2D eigenvalue weighted by Gasteiger charge is 2.54. The van der Waals surface area contributed by atoms with Gasteiger partial charge in [-0.05, 0) is 38.0 Å². The molecule has 8 heteroatoms. The zero-order valence-electron chi connectivity index (χ0n) is 21.0. The van der Waals surface area contributed by atoms with Gasteiger partial charge in [0.15, 0.2) is 0 Å². The van der Waals surface area contributed by atoms with E-state index in [-0.39, 0.29) is 30.1 Å². The molecule has 0 aromatic heterocycles. The molecule has 4 atom stereocenters. The van der Waals surface area contributed by atoms with Crippen molar-refractivity contribution in [2.24, 2.45) is 11.3 Å². The van der Waals surface area contributed by atoms with E-state index in [4.69, 9.17) is 4.74 Å². The molecule has 190 valence electrons. The van der Waals surface area contributed by atoms with Crippen molar-refractivity contribution in [3.63, 3.8) is 0 Å². The van der Waals surface area contributed by atoms with E-state index in [0.29, 0.717) is 5.56 Å². The van der Waals surface area contributed by atoms with E-state index in [1.807, 2.05) is 13.0 Å². The fourth-order valence-corrected chi connectivity index (χ4v) is 6.31. The van der Waals surface area contributed by atoms with Gasteiger partial charge in [0, 0.05) is 17.8 Å². The number of rotatable bonds is 8. The Hall–Kier alpha value is -2.55. The van der Waals surface area contributed by atoms with Crippen LogP contribution in [0.1, 0.15) is 57.7 Å². The topological polar surface area (TPSA) is 101 Å². The number of esters is 1. The summed E-state index contributed by atoms with van der Waals surface area (Å²) in [5.41, 5.74) is 0.932. The van der Waals surface area contributed by atoms with Gasteiger partial charge in [-0.2, -0.15) is 4.31 Å². The summed E-state index contributed by atoms with van der Waals surface area (Å²) in [6, 6.07) is 13.5. The Morgan fingerprint density at radius 3 is 2.23 bits per heavy atom.